The molecule has 0 bridgehead atoms. The fraction of sp³-hybridized carbons (Fsp3) is 0.400. The van der Waals surface area contributed by atoms with Gasteiger partial charge < -0.3 is 15.4 Å². The van der Waals surface area contributed by atoms with Crippen LogP contribution in [0.5, 0.6) is 5.75 Å². The fourth-order valence-corrected chi connectivity index (χ4v) is 2.96. The van der Waals surface area contributed by atoms with E-state index in [1.807, 2.05) is 24.3 Å². The molecule has 0 unspecified atom stereocenters. The van der Waals surface area contributed by atoms with Gasteiger partial charge in [-0.1, -0.05) is 36.4 Å². The number of rotatable bonds is 8. The first kappa shape index (κ1) is 17.9. The Labute approximate surface area is 149 Å². The lowest BCUT2D eigenvalue weighted by Crippen LogP contribution is -2.45. The molecular weight excluding hydrogens is 317 g/mol. The average Bonchev–Trinajstić information content (AvgIpc) is 2.66. The maximum atomic E-state index is 13.7. The molecule has 2 N–H and O–H groups in total. The smallest absolute Gasteiger partial charge is 0.129 e. The zero-order valence-corrected chi connectivity index (χ0v) is 14.5. The topological polar surface area (TPSA) is 36.5 Å². The summed E-state index contributed by atoms with van der Waals surface area (Å²) in [6.07, 6.45) is 0. The van der Waals surface area contributed by atoms with Gasteiger partial charge in [0.2, 0.25) is 0 Å². The van der Waals surface area contributed by atoms with E-state index in [2.05, 4.69) is 21.6 Å². The molecule has 0 radical (unpaired) electrons. The Bertz CT molecular complexity index is 659. The first-order valence-corrected chi connectivity index (χ1v) is 8.91. The Morgan fingerprint density at radius 2 is 1.72 bits per heavy atom. The summed E-state index contributed by atoms with van der Waals surface area (Å²) in [5.74, 6) is 0.578. The van der Waals surface area contributed by atoms with Crippen LogP contribution in [0.4, 0.5) is 4.39 Å². The number of para-hydroxylation sites is 1. The van der Waals surface area contributed by atoms with E-state index in [0.29, 0.717) is 5.56 Å². The number of halogens is 1. The van der Waals surface area contributed by atoms with Crippen LogP contribution in [-0.4, -0.2) is 44.2 Å². The van der Waals surface area contributed by atoms with Crippen molar-refractivity contribution in [2.75, 3.05) is 39.3 Å². The molecule has 0 amide bonds. The average molecular weight is 343 g/mol. The highest BCUT2D eigenvalue weighted by Crippen LogP contribution is 2.20. The van der Waals surface area contributed by atoms with Crippen molar-refractivity contribution < 1.29 is 9.13 Å². The Morgan fingerprint density at radius 3 is 2.52 bits per heavy atom. The Balaban J connectivity index is 1.47. The van der Waals surface area contributed by atoms with Crippen molar-refractivity contribution in [2.45, 2.75) is 13.2 Å². The van der Waals surface area contributed by atoms with Crippen LogP contribution in [0.2, 0.25) is 0 Å². The first-order valence-electron chi connectivity index (χ1n) is 8.91. The van der Waals surface area contributed by atoms with Crippen LogP contribution in [0.15, 0.2) is 48.5 Å². The molecule has 4 nitrogen and oxygen atoms in total. The zero-order valence-electron chi connectivity index (χ0n) is 14.5. The molecule has 0 aliphatic carbocycles. The second kappa shape index (κ2) is 9.51. The monoisotopic (exact) mass is 343 g/mol. The van der Waals surface area contributed by atoms with Crippen LogP contribution in [0.1, 0.15) is 11.1 Å². The molecular formula is C20H26FN3O. The molecule has 3 rings (SSSR count). The molecule has 1 fully saturated rings. The van der Waals surface area contributed by atoms with Crippen molar-refractivity contribution in [1.29, 1.82) is 0 Å². The molecule has 2 aromatic carbocycles. The van der Waals surface area contributed by atoms with Crippen LogP contribution >= 0.6 is 0 Å². The maximum absolute atomic E-state index is 13.7. The summed E-state index contributed by atoms with van der Waals surface area (Å²) < 4.78 is 19.6. The van der Waals surface area contributed by atoms with Crippen molar-refractivity contribution in [2.24, 2.45) is 0 Å². The van der Waals surface area contributed by atoms with Gasteiger partial charge in [-0.3, -0.25) is 4.90 Å². The molecule has 1 heterocycles. The van der Waals surface area contributed by atoms with Gasteiger partial charge >= 0.3 is 0 Å². The minimum Gasteiger partial charge on any atom is -0.488 e. The van der Waals surface area contributed by atoms with Crippen molar-refractivity contribution in [3.63, 3.8) is 0 Å². The second-order valence-corrected chi connectivity index (χ2v) is 6.26. The molecule has 1 aliphatic heterocycles. The highest BCUT2D eigenvalue weighted by Gasteiger charge is 2.09. The van der Waals surface area contributed by atoms with E-state index in [0.717, 1.165) is 57.1 Å². The molecule has 5 heteroatoms. The van der Waals surface area contributed by atoms with Crippen LogP contribution in [0.3, 0.4) is 0 Å². The molecule has 2 aromatic rings. The van der Waals surface area contributed by atoms with E-state index >= 15 is 0 Å². The quantitative estimate of drug-likeness (QED) is 0.722. The fourth-order valence-electron chi connectivity index (χ4n) is 2.96. The van der Waals surface area contributed by atoms with Crippen LogP contribution in [0, 0.1) is 5.82 Å². The third-order valence-corrected chi connectivity index (χ3v) is 4.44. The first-order chi connectivity index (χ1) is 12.3. The molecule has 0 atom stereocenters. The number of hydrogen-bond acceptors (Lipinski definition) is 4. The van der Waals surface area contributed by atoms with Gasteiger partial charge in [0.05, 0.1) is 0 Å². The predicted octanol–water partition coefficient (Wildman–Crippen LogP) is 2.40. The van der Waals surface area contributed by atoms with Gasteiger partial charge in [0.15, 0.2) is 0 Å². The maximum Gasteiger partial charge on any atom is 0.129 e. The molecule has 0 saturated carbocycles. The van der Waals surface area contributed by atoms with E-state index in [4.69, 9.17) is 4.74 Å². The number of benzene rings is 2. The van der Waals surface area contributed by atoms with Gasteiger partial charge in [-0.2, -0.15) is 0 Å². The third-order valence-electron chi connectivity index (χ3n) is 4.44. The van der Waals surface area contributed by atoms with Crippen molar-refractivity contribution in [1.82, 2.24) is 15.5 Å². The third kappa shape index (κ3) is 5.53. The van der Waals surface area contributed by atoms with Crippen molar-refractivity contribution in [3.8, 4) is 5.75 Å². The van der Waals surface area contributed by atoms with E-state index in [1.54, 1.807) is 12.1 Å². The van der Waals surface area contributed by atoms with Crippen LogP contribution in [-0.2, 0) is 13.2 Å². The van der Waals surface area contributed by atoms with Gasteiger partial charge in [-0.15, -0.1) is 0 Å². The minimum atomic E-state index is -0.228. The summed E-state index contributed by atoms with van der Waals surface area (Å²) >= 11 is 0. The summed E-state index contributed by atoms with van der Waals surface area (Å²) in [7, 11) is 0. The molecule has 1 saturated heterocycles. The van der Waals surface area contributed by atoms with Crippen molar-refractivity contribution in [3.05, 3.63) is 65.5 Å². The Hall–Kier alpha value is -1.95. The highest BCUT2D eigenvalue weighted by atomic mass is 19.1. The summed E-state index contributed by atoms with van der Waals surface area (Å²) in [6.45, 7) is 7.37. The van der Waals surface area contributed by atoms with Gasteiger partial charge in [0.1, 0.15) is 18.2 Å². The van der Waals surface area contributed by atoms with E-state index < -0.39 is 0 Å². The summed E-state index contributed by atoms with van der Waals surface area (Å²) in [4.78, 5) is 2.46. The highest BCUT2D eigenvalue weighted by molar-refractivity contribution is 5.33. The summed E-state index contributed by atoms with van der Waals surface area (Å²) in [6, 6.07) is 14.7. The summed E-state index contributed by atoms with van der Waals surface area (Å²) in [5.41, 5.74) is 1.67. The minimum absolute atomic E-state index is 0.228. The van der Waals surface area contributed by atoms with E-state index in [-0.39, 0.29) is 12.4 Å². The van der Waals surface area contributed by atoms with Crippen LogP contribution < -0.4 is 15.4 Å². The van der Waals surface area contributed by atoms with Crippen molar-refractivity contribution >= 4 is 0 Å². The second-order valence-electron chi connectivity index (χ2n) is 6.26. The number of hydrogen-bond donors (Lipinski definition) is 2. The number of nitrogens with one attached hydrogen (secondary N) is 2. The molecule has 1 aliphatic rings. The Morgan fingerprint density at radius 1 is 1.00 bits per heavy atom. The van der Waals surface area contributed by atoms with E-state index in [9.17, 15) is 4.39 Å². The number of nitrogens with zero attached hydrogens (tertiary/aromatic N) is 1. The normalized spacial score (nSPS) is 15.2. The lowest BCUT2D eigenvalue weighted by atomic mass is 10.2. The zero-order chi connectivity index (χ0) is 17.3. The Kier molecular flexibility index (Phi) is 6.79. The summed E-state index contributed by atoms with van der Waals surface area (Å²) in [5, 5.41) is 6.85. The van der Waals surface area contributed by atoms with Gasteiger partial charge in [0, 0.05) is 56.9 Å². The largest absolute Gasteiger partial charge is 0.488 e. The van der Waals surface area contributed by atoms with Gasteiger partial charge in [-0.25, -0.2) is 4.39 Å². The number of ether oxygens (including phenoxy) is 1. The molecule has 0 spiro atoms. The number of piperazine rings is 1. The standard InChI is InChI=1S/C20H26FN3O/c21-19-7-3-1-6-18(19)16-25-20-8-4-2-5-17(20)15-23-11-14-24-12-9-22-10-13-24/h1-8,22-23H,9-16H2. The van der Waals surface area contributed by atoms with E-state index in [1.165, 1.54) is 6.07 Å². The SMILES string of the molecule is Fc1ccccc1COc1ccccc1CNCCN1CCNCC1. The lowest BCUT2D eigenvalue weighted by molar-refractivity contribution is 0.240. The van der Waals surface area contributed by atoms with Gasteiger partial charge in [0.25, 0.3) is 0 Å². The molecule has 25 heavy (non-hydrogen) atoms. The van der Waals surface area contributed by atoms with Gasteiger partial charge in [-0.05, 0) is 12.1 Å². The predicted molar refractivity (Wildman–Crippen MR) is 98.2 cm³/mol. The molecule has 134 valence electrons. The molecule has 0 aromatic heterocycles. The van der Waals surface area contributed by atoms with Crippen LogP contribution in [0.25, 0.3) is 0 Å². The lowest BCUT2D eigenvalue weighted by Gasteiger charge is -2.27.